The maximum Gasteiger partial charge on any atom is 0.223 e. The first kappa shape index (κ1) is 13.3. The van der Waals surface area contributed by atoms with Gasteiger partial charge in [0.25, 0.3) is 0 Å². The van der Waals surface area contributed by atoms with E-state index in [1.165, 1.54) is 11.1 Å². The fourth-order valence-corrected chi connectivity index (χ4v) is 4.13. The number of benzene rings is 1. The van der Waals surface area contributed by atoms with Crippen molar-refractivity contribution in [3.63, 3.8) is 0 Å². The first-order valence-electron chi connectivity index (χ1n) is 7.98. The lowest BCUT2D eigenvalue weighted by Gasteiger charge is -2.46. The molecule has 1 saturated carbocycles. The zero-order valence-electron chi connectivity index (χ0n) is 12.1. The van der Waals surface area contributed by atoms with E-state index in [1.807, 2.05) is 0 Å². The number of hydrogen-bond acceptors (Lipinski definition) is 3. The minimum Gasteiger partial charge on any atom is -0.376 e. The number of fused-ring (bicyclic) bond motifs is 2. The number of amides is 1. The highest BCUT2D eigenvalue weighted by Crippen LogP contribution is 2.38. The molecule has 3 aliphatic rings. The van der Waals surface area contributed by atoms with Gasteiger partial charge in [0.15, 0.2) is 0 Å². The average molecular weight is 286 g/mol. The van der Waals surface area contributed by atoms with Crippen molar-refractivity contribution in [1.29, 1.82) is 0 Å². The predicted octanol–water partition coefficient (Wildman–Crippen LogP) is 1.02. The standard InChI is InChI=1S/C17H22N2O2/c18-14-13-7-8-21-16(13)15(14)19-17(20)12-6-5-10-3-1-2-4-11(10)9-12/h1-4,12-16H,5-9,18H2,(H,19,20). The molecule has 1 aromatic rings. The number of carbonyl (C=O) groups excluding carboxylic acids is 1. The number of rotatable bonds is 2. The average Bonchev–Trinajstić information content (AvgIpc) is 2.96. The SMILES string of the molecule is NC1C2CCOC2C1NC(=O)C1CCc2ccccc2C1. The van der Waals surface area contributed by atoms with E-state index in [2.05, 4.69) is 29.6 Å². The molecule has 0 radical (unpaired) electrons. The summed E-state index contributed by atoms with van der Waals surface area (Å²) in [6.45, 7) is 0.784. The molecule has 21 heavy (non-hydrogen) atoms. The van der Waals surface area contributed by atoms with Crippen molar-refractivity contribution < 1.29 is 9.53 Å². The number of nitrogens with two attached hydrogens (primary N) is 1. The number of ether oxygens (including phenoxy) is 1. The fraction of sp³-hybridized carbons (Fsp3) is 0.588. The van der Waals surface area contributed by atoms with Crippen molar-refractivity contribution in [1.82, 2.24) is 5.32 Å². The van der Waals surface area contributed by atoms with Gasteiger partial charge in [0, 0.05) is 24.5 Å². The summed E-state index contributed by atoms with van der Waals surface area (Å²) in [5.41, 5.74) is 8.87. The lowest BCUT2D eigenvalue weighted by Crippen LogP contribution is -2.69. The Balaban J connectivity index is 1.40. The molecule has 2 aliphatic carbocycles. The van der Waals surface area contributed by atoms with Crippen LogP contribution in [0, 0.1) is 11.8 Å². The van der Waals surface area contributed by atoms with E-state index in [0.29, 0.717) is 5.92 Å². The molecule has 0 aromatic heterocycles. The van der Waals surface area contributed by atoms with Gasteiger partial charge in [-0.05, 0) is 36.8 Å². The molecule has 4 rings (SSSR count). The minimum atomic E-state index is 0.0159. The number of carbonyl (C=O) groups is 1. The summed E-state index contributed by atoms with van der Waals surface area (Å²) in [7, 11) is 0. The molecule has 1 saturated heterocycles. The van der Waals surface area contributed by atoms with Crippen molar-refractivity contribution in [3.05, 3.63) is 35.4 Å². The van der Waals surface area contributed by atoms with E-state index in [1.54, 1.807) is 0 Å². The van der Waals surface area contributed by atoms with Crippen LogP contribution in [-0.2, 0) is 22.4 Å². The molecule has 1 amide bonds. The summed E-state index contributed by atoms with van der Waals surface area (Å²) in [6, 6.07) is 8.52. The van der Waals surface area contributed by atoms with Crippen LogP contribution < -0.4 is 11.1 Å². The quantitative estimate of drug-likeness (QED) is 0.853. The maximum absolute atomic E-state index is 12.5. The van der Waals surface area contributed by atoms with Crippen LogP contribution in [0.4, 0.5) is 0 Å². The molecular weight excluding hydrogens is 264 g/mol. The molecule has 4 nitrogen and oxygen atoms in total. The van der Waals surface area contributed by atoms with Gasteiger partial charge in [-0.2, -0.15) is 0 Å². The lowest BCUT2D eigenvalue weighted by molar-refractivity contribution is -0.130. The maximum atomic E-state index is 12.5. The molecule has 3 N–H and O–H groups in total. The first-order valence-corrected chi connectivity index (χ1v) is 7.98. The molecule has 2 fully saturated rings. The van der Waals surface area contributed by atoms with Gasteiger partial charge in [-0.1, -0.05) is 24.3 Å². The Morgan fingerprint density at radius 3 is 2.90 bits per heavy atom. The third kappa shape index (κ3) is 2.17. The lowest BCUT2D eigenvalue weighted by atomic mass is 9.71. The monoisotopic (exact) mass is 286 g/mol. The Labute approximate surface area is 125 Å². The van der Waals surface area contributed by atoms with Gasteiger partial charge < -0.3 is 15.8 Å². The third-order valence-corrected chi connectivity index (χ3v) is 5.47. The van der Waals surface area contributed by atoms with E-state index >= 15 is 0 Å². The Hall–Kier alpha value is -1.39. The summed E-state index contributed by atoms with van der Waals surface area (Å²) >= 11 is 0. The van der Waals surface area contributed by atoms with E-state index < -0.39 is 0 Å². The van der Waals surface area contributed by atoms with Gasteiger partial charge >= 0.3 is 0 Å². The van der Waals surface area contributed by atoms with Crippen LogP contribution in [0.1, 0.15) is 24.0 Å². The van der Waals surface area contributed by atoms with Gasteiger partial charge in [-0.3, -0.25) is 4.79 Å². The number of aryl methyl sites for hydroxylation is 1. The Morgan fingerprint density at radius 1 is 1.24 bits per heavy atom. The third-order valence-electron chi connectivity index (χ3n) is 5.47. The zero-order chi connectivity index (χ0) is 14.4. The van der Waals surface area contributed by atoms with Crippen LogP contribution in [-0.4, -0.2) is 30.7 Å². The van der Waals surface area contributed by atoms with Gasteiger partial charge in [-0.25, -0.2) is 0 Å². The van der Waals surface area contributed by atoms with Gasteiger partial charge in [-0.15, -0.1) is 0 Å². The molecule has 1 aliphatic heterocycles. The highest BCUT2D eigenvalue weighted by molar-refractivity contribution is 5.80. The van der Waals surface area contributed by atoms with Crippen LogP contribution in [0.3, 0.4) is 0 Å². The zero-order valence-corrected chi connectivity index (χ0v) is 12.1. The summed E-state index contributed by atoms with van der Waals surface area (Å²) in [4.78, 5) is 12.5. The van der Waals surface area contributed by atoms with E-state index in [9.17, 15) is 4.79 Å². The van der Waals surface area contributed by atoms with Crippen LogP contribution in [0.25, 0.3) is 0 Å². The van der Waals surface area contributed by atoms with Crippen molar-refractivity contribution in [2.75, 3.05) is 6.61 Å². The van der Waals surface area contributed by atoms with E-state index in [-0.39, 0.29) is 30.0 Å². The van der Waals surface area contributed by atoms with Crippen LogP contribution in [0.5, 0.6) is 0 Å². The Morgan fingerprint density at radius 2 is 2.05 bits per heavy atom. The second-order valence-corrected chi connectivity index (χ2v) is 6.61. The normalized spacial score (nSPS) is 37.3. The van der Waals surface area contributed by atoms with Gasteiger partial charge in [0.05, 0.1) is 12.1 Å². The highest BCUT2D eigenvalue weighted by Gasteiger charge is 2.53. The second kappa shape index (κ2) is 5.11. The van der Waals surface area contributed by atoms with Gasteiger partial charge in [0.1, 0.15) is 0 Å². The highest BCUT2D eigenvalue weighted by atomic mass is 16.5. The largest absolute Gasteiger partial charge is 0.376 e. The summed E-state index contributed by atoms with van der Waals surface area (Å²) in [6.07, 6.45) is 3.96. The predicted molar refractivity (Wildman–Crippen MR) is 79.7 cm³/mol. The van der Waals surface area contributed by atoms with E-state index in [4.69, 9.17) is 10.5 Å². The smallest absolute Gasteiger partial charge is 0.223 e. The Kier molecular flexibility index (Phi) is 3.23. The number of nitrogens with one attached hydrogen (secondary N) is 1. The van der Waals surface area contributed by atoms with Crippen molar-refractivity contribution >= 4 is 5.91 Å². The molecule has 4 heteroatoms. The first-order chi connectivity index (χ1) is 10.2. The van der Waals surface area contributed by atoms with Crippen LogP contribution in [0.15, 0.2) is 24.3 Å². The molecular formula is C17H22N2O2. The Bertz CT molecular complexity index is 559. The second-order valence-electron chi connectivity index (χ2n) is 6.61. The van der Waals surface area contributed by atoms with Gasteiger partial charge in [0.2, 0.25) is 5.91 Å². The van der Waals surface area contributed by atoms with E-state index in [0.717, 1.165) is 32.3 Å². The molecule has 0 bridgehead atoms. The molecule has 1 aromatic carbocycles. The summed E-state index contributed by atoms with van der Waals surface area (Å²) in [5, 5.41) is 3.15. The van der Waals surface area contributed by atoms with Crippen LogP contribution in [0.2, 0.25) is 0 Å². The van der Waals surface area contributed by atoms with Crippen molar-refractivity contribution in [3.8, 4) is 0 Å². The topological polar surface area (TPSA) is 64.3 Å². The van der Waals surface area contributed by atoms with Crippen molar-refractivity contribution in [2.24, 2.45) is 17.6 Å². The van der Waals surface area contributed by atoms with Crippen LogP contribution >= 0.6 is 0 Å². The number of hydrogen-bond donors (Lipinski definition) is 2. The fourth-order valence-electron chi connectivity index (χ4n) is 4.13. The molecule has 5 unspecified atom stereocenters. The summed E-state index contributed by atoms with van der Waals surface area (Å²) < 4.78 is 5.68. The summed E-state index contributed by atoms with van der Waals surface area (Å²) in [5.74, 6) is 0.675. The minimum absolute atomic E-state index is 0.0159. The molecule has 5 atom stereocenters. The molecule has 1 heterocycles. The van der Waals surface area contributed by atoms with Crippen molar-refractivity contribution in [2.45, 2.75) is 43.9 Å². The molecule has 112 valence electrons. The molecule has 0 spiro atoms.